The third kappa shape index (κ3) is 3.71. The van der Waals surface area contributed by atoms with Gasteiger partial charge < -0.3 is 0 Å². The normalized spacial score (nSPS) is 27.2. The van der Waals surface area contributed by atoms with Crippen molar-refractivity contribution in [3.63, 3.8) is 0 Å². The Morgan fingerprint density at radius 1 is 1.18 bits per heavy atom. The van der Waals surface area contributed by atoms with E-state index in [1.165, 1.54) is 31.4 Å². The van der Waals surface area contributed by atoms with E-state index in [1.54, 1.807) is 0 Å². The first-order chi connectivity index (χ1) is 8.25. The molecular weight excluding hydrogens is 206 g/mol. The van der Waals surface area contributed by atoms with E-state index in [0.29, 0.717) is 6.04 Å². The smallest absolute Gasteiger partial charge is 0.0278 e. The molecule has 17 heavy (non-hydrogen) atoms. The van der Waals surface area contributed by atoms with Gasteiger partial charge in [-0.3, -0.25) is 4.90 Å². The Morgan fingerprint density at radius 3 is 2.71 bits per heavy atom. The summed E-state index contributed by atoms with van der Waals surface area (Å²) in [5.41, 5.74) is 1.30. The first kappa shape index (κ1) is 12.4. The summed E-state index contributed by atoms with van der Waals surface area (Å²) in [5, 5.41) is 0. The zero-order chi connectivity index (χ0) is 12.1. The second-order valence-electron chi connectivity index (χ2n) is 5.31. The van der Waals surface area contributed by atoms with Gasteiger partial charge >= 0.3 is 0 Å². The van der Waals surface area contributed by atoms with Gasteiger partial charge in [-0.15, -0.1) is 0 Å². The maximum absolute atomic E-state index is 2.50. The quantitative estimate of drug-likeness (QED) is 0.745. The van der Waals surface area contributed by atoms with Gasteiger partial charge in [0.05, 0.1) is 0 Å². The SMILES string of the molecule is CC1CCCC(/C=C/c2ccccc2)N(C)C1. The highest BCUT2D eigenvalue weighted by atomic mass is 15.1. The summed E-state index contributed by atoms with van der Waals surface area (Å²) >= 11 is 0. The monoisotopic (exact) mass is 229 g/mol. The highest BCUT2D eigenvalue weighted by Crippen LogP contribution is 2.20. The molecule has 1 saturated heterocycles. The van der Waals surface area contributed by atoms with Crippen LogP contribution >= 0.6 is 0 Å². The van der Waals surface area contributed by atoms with E-state index >= 15 is 0 Å². The zero-order valence-corrected chi connectivity index (χ0v) is 11.0. The molecule has 2 atom stereocenters. The molecule has 0 saturated carbocycles. The van der Waals surface area contributed by atoms with E-state index < -0.39 is 0 Å². The minimum absolute atomic E-state index is 0.611. The molecule has 0 aromatic heterocycles. The van der Waals surface area contributed by atoms with Gasteiger partial charge in [-0.25, -0.2) is 0 Å². The zero-order valence-electron chi connectivity index (χ0n) is 11.0. The molecule has 92 valence electrons. The number of rotatable bonds is 2. The van der Waals surface area contributed by atoms with Crippen LogP contribution in [0.3, 0.4) is 0 Å². The molecule has 1 aliphatic rings. The highest BCUT2D eigenvalue weighted by molar-refractivity contribution is 5.49. The van der Waals surface area contributed by atoms with Crippen LogP contribution < -0.4 is 0 Å². The van der Waals surface area contributed by atoms with Crippen LogP contribution in [0.2, 0.25) is 0 Å². The van der Waals surface area contributed by atoms with Gasteiger partial charge in [0.2, 0.25) is 0 Å². The van der Waals surface area contributed by atoms with Crippen molar-refractivity contribution in [3.8, 4) is 0 Å². The molecule has 1 aromatic rings. The number of likely N-dealkylation sites (tertiary alicyclic amines) is 1. The van der Waals surface area contributed by atoms with E-state index in [0.717, 1.165) is 5.92 Å². The minimum atomic E-state index is 0.611. The number of hydrogen-bond donors (Lipinski definition) is 0. The lowest BCUT2D eigenvalue weighted by Crippen LogP contribution is -2.31. The van der Waals surface area contributed by atoms with Gasteiger partial charge in [-0.2, -0.15) is 0 Å². The fourth-order valence-corrected chi connectivity index (χ4v) is 2.64. The summed E-state index contributed by atoms with van der Waals surface area (Å²) in [5.74, 6) is 0.843. The fourth-order valence-electron chi connectivity index (χ4n) is 2.64. The van der Waals surface area contributed by atoms with Crippen molar-refractivity contribution in [2.75, 3.05) is 13.6 Å². The molecule has 1 heteroatoms. The van der Waals surface area contributed by atoms with Crippen LogP contribution in [0.4, 0.5) is 0 Å². The maximum Gasteiger partial charge on any atom is 0.0278 e. The first-order valence-corrected chi connectivity index (χ1v) is 6.69. The van der Waals surface area contributed by atoms with Crippen LogP contribution in [0, 0.1) is 5.92 Å². The summed E-state index contributed by atoms with van der Waals surface area (Å²) < 4.78 is 0. The Kier molecular flexibility index (Phi) is 4.38. The number of hydrogen-bond acceptors (Lipinski definition) is 1. The summed E-state index contributed by atoms with van der Waals surface area (Å²) in [6.45, 7) is 3.59. The molecule has 1 aromatic carbocycles. The molecule has 2 rings (SSSR count). The highest BCUT2D eigenvalue weighted by Gasteiger charge is 2.18. The van der Waals surface area contributed by atoms with E-state index in [2.05, 4.69) is 61.4 Å². The number of benzene rings is 1. The van der Waals surface area contributed by atoms with Crippen molar-refractivity contribution in [3.05, 3.63) is 42.0 Å². The van der Waals surface area contributed by atoms with E-state index in [-0.39, 0.29) is 0 Å². The largest absolute Gasteiger partial charge is 0.300 e. The Hall–Kier alpha value is -1.08. The predicted octanol–water partition coefficient (Wildman–Crippen LogP) is 3.82. The van der Waals surface area contributed by atoms with Gasteiger partial charge in [-0.05, 0) is 31.4 Å². The lowest BCUT2D eigenvalue weighted by atomic mass is 10.1. The third-order valence-corrected chi connectivity index (χ3v) is 3.67. The van der Waals surface area contributed by atoms with E-state index in [1.807, 2.05) is 0 Å². The molecule has 0 spiro atoms. The molecule has 0 bridgehead atoms. The molecule has 2 unspecified atom stereocenters. The molecule has 0 radical (unpaired) electrons. The Labute approximate surface area is 105 Å². The molecule has 1 fully saturated rings. The number of nitrogens with zero attached hydrogens (tertiary/aromatic N) is 1. The molecule has 1 heterocycles. The van der Waals surface area contributed by atoms with Crippen LogP contribution in [-0.4, -0.2) is 24.5 Å². The van der Waals surface area contributed by atoms with Crippen LogP contribution in [0.1, 0.15) is 31.7 Å². The van der Waals surface area contributed by atoms with Gasteiger partial charge in [-0.1, -0.05) is 55.8 Å². The molecule has 1 nitrogen and oxygen atoms in total. The van der Waals surface area contributed by atoms with Crippen molar-refractivity contribution < 1.29 is 0 Å². The summed E-state index contributed by atoms with van der Waals surface area (Å²) in [6.07, 6.45) is 8.66. The number of likely N-dealkylation sites (N-methyl/N-ethyl adjacent to an activating group) is 1. The van der Waals surface area contributed by atoms with Crippen molar-refractivity contribution in [1.29, 1.82) is 0 Å². The summed E-state index contributed by atoms with van der Waals surface area (Å²) in [7, 11) is 2.25. The molecule has 1 aliphatic heterocycles. The maximum atomic E-state index is 2.50. The summed E-state index contributed by atoms with van der Waals surface area (Å²) in [4.78, 5) is 2.50. The molecule has 0 amide bonds. The van der Waals surface area contributed by atoms with Gasteiger partial charge in [0.15, 0.2) is 0 Å². The molecule has 0 aliphatic carbocycles. The third-order valence-electron chi connectivity index (χ3n) is 3.67. The van der Waals surface area contributed by atoms with Gasteiger partial charge in [0.1, 0.15) is 0 Å². The van der Waals surface area contributed by atoms with Gasteiger partial charge in [0, 0.05) is 12.6 Å². The van der Waals surface area contributed by atoms with Crippen molar-refractivity contribution >= 4 is 6.08 Å². The predicted molar refractivity (Wildman–Crippen MR) is 74.9 cm³/mol. The lowest BCUT2D eigenvalue weighted by molar-refractivity contribution is 0.263. The average molecular weight is 229 g/mol. The Balaban J connectivity index is 2.00. The van der Waals surface area contributed by atoms with Crippen molar-refractivity contribution in [2.24, 2.45) is 5.92 Å². The minimum Gasteiger partial charge on any atom is -0.300 e. The van der Waals surface area contributed by atoms with E-state index in [4.69, 9.17) is 0 Å². The van der Waals surface area contributed by atoms with Crippen LogP contribution in [0.15, 0.2) is 36.4 Å². The summed E-state index contributed by atoms with van der Waals surface area (Å²) in [6, 6.07) is 11.2. The van der Waals surface area contributed by atoms with Gasteiger partial charge in [0.25, 0.3) is 0 Å². The van der Waals surface area contributed by atoms with Crippen LogP contribution in [0.5, 0.6) is 0 Å². The second kappa shape index (κ2) is 6.02. The molecular formula is C16H23N. The van der Waals surface area contributed by atoms with Crippen LogP contribution in [-0.2, 0) is 0 Å². The standard InChI is InChI=1S/C16H23N/c1-14-7-6-10-16(17(2)13-14)12-11-15-8-4-3-5-9-15/h3-5,8-9,11-12,14,16H,6-7,10,13H2,1-2H3/b12-11+. The Morgan fingerprint density at radius 2 is 1.94 bits per heavy atom. The average Bonchev–Trinajstić information content (AvgIpc) is 2.49. The topological polar surface area (TPSA) is 3.24 Å². The first-order valence-electron chi connectivity index (χ1n) is 6.69. The van der Waals surface area contributed by atoms with Crippen molar-refractivity contribution in [2.45, 2.75) is 32.2 Å². The molecule has 0 N–H and O–H groups in total. The van der Waals surface area contributed by atoms with Crippen molar-refractivity contribution in [1.82, 2.24) is 4.90 Å². The second-order valence-corrected chi connectivity index (χ2v) is 5.31. The fraction of sp³-hybridized carbons (Fsp3) is 0.500. The lowest BCUT2D eigenvalue weighted by Gasteiger charge is -2.24. The van der Waals surface area contributed by atoms with E-state index in [9.17, 15) is 0 Å². The Bertz CT molecular complexity index is 355. The van der Waals surface area contributed by atoms with Crippen LogP contribution in [0.25, 0.3) is 6.08 Å².